The lowest BCUT2D eigenvalue weighted by Gasteiger charge is -2.37. The number of nitrogens with zero attached hydrogens (tertiary/aromatic N) is 2. The molecule has 1 aliphatic rings. The molecule has 6 heteroatoms. The molecule has 1 aromatic carbocycles. The van der Waals surface area contributed by atoms with Gasteiger partial charge in [-0.15, -0.1) is 24.8 Å². The van der Waals surface area contributed by atoms with Crippen LogP contribution >= 0.6 is 24.8 Å². The molecule has 1 fully saturated rings. The highest BCUT2D eigenvalue weighted by molar-refractivity contribution is 5.85. The number of benzene rings is 1. The average Bonchev–Trinajstić information content (AvgIpc) is 2.46. The molecule has 1 amide bonds. The topological polar surface area (TPSA) is 49.6 Å². The van der Waals surface area contributed by atoms with Crippen molar-refractivity contribution in [3.8, 4) is 0 Å². The molecule has 4 nitrogen and oxygen atoms in total. The molecule has 1 aromatic rings. The molecule has 126 valence electrons. The molecule has 1 heterocycles. The summed E-state index contributed by atoms with van der Waals surface area (Å²) in [5, 5.41) is 0. The number of piperidine rings is 1. The van der Waals surface area contributed by atoms with Crippen LogP contribution in [0.5, 0.6) is 0 Å². The summed E-state index contributed by atoms with van der Waals surface area (Å²) in [6.07, 6.45) is 2.20. The van der Waals surface area contributed by atoms with Crippen molar-refractivity contribution in [2.75, 3.05) is 27.2 Å². The first kappa shape index (κ1) is 21.2. The van der Waals surface area contributed by atoms with Crippen LogP contribution in [0.4, 0.5) is 0 Å². The molecule has 2 atom stereocenters. The van der Waals surface area contributed by atoms with Gasteiger partial charge in [-0.1, -0.05) is 29.8 Å². The summed E-state index contributed by atoms with van der Waals surface area (Å²) in [4.78, 5) is 16.6. The second kappa shape index (κ2) is 9.36. The Morgan fingerprint density at radius 1 is 1.27 bits per heavy atom. The van der Waals surface area contributed by atoms with E-state index < -0.39 is 6.04 Å². The van der Waals surface area contributed by atoms with Gasteiger partial charge in [0.05, 0.1) is 0 Å². The van der Waals surface area contributed by atoms with E-state index in [-0.39, 0.29) is 30.7 Å². The number of likely N-dealkylation sites (tertiary alicyclic amines) is 1. The van der Waals surface area contributed by atoms with Gasteiger partial charge in [0.15, 0.2) is 0 Å². The van der Waals surface area contributed by atoms with E-state index in [2.05, 4.69) is 19.0 Å². The van der Waals surface area contributed by atoms with Gasteiger partial charge >= 0.3 is 0 Å². The van der Waals surface area contributed by atoms with E-state index in [0.717, 1.165) is 31.5 Å². The van der Waals surface area contributed by atoms with Crippen LogP contribution in [0.2, 0.25) is 0 Å². The molecule has 2 unspecified atom stereocenters. The molecule has 0 radical (unpaired) electrons. The highest BCUT2D eigenvalue weighted by Gasteiger charge is 2.28. The van der Waals surface area contributed by atoms with Crippen molar-refractivity contribution < 1.29 is 4.79 Å². The lowest BCUT2D eigenvalue weighted by atomic mass is 10.0. The first-order valence-electron chi connectivity index (χ1n) is 7.26. The van der Waals surface area contributed by atoms with Crippen molar-refractivity contribution in [2.45, 2.75) is 31.8 Å². The van der Waals surface area contributed by atoms with Gasteiger partial charge in [0.2, 0.25) is 5.91 Å². The van der Waals surface area contributed by atoms with Gasteiger partial charge < -0.3 is 15.5 Å². The van der Waals surface area contributed by atoms with Crippen LogP contribution in [-0.2, 0) is 4.79 Å². The minimum absolute atomic E-state index is 0. The maximum Gasteiger partial charge on any atom is 0.244 e. The van der Waals surface area contributed by atoms with Gasteiger partial charge in [-0.2, -0.15) is 0 Å². The van der Waals surface area contributed by atoms with E-state index in [4.69, 9.17) is 5.73 Å². The molecule has 0 aliphatic carbocycles. The minimum atomic E-state index is -0.545. The Labute approximate surface area is 145 Å². The molecule has 0 saturated carbocycles. The summed E-state index contributed by atoms with van der Waals surface area (Å²) >= 11 is 0. The van der Waals surface area contributed by atoms with Crippen LogP contribution in [0, 0.1) is 6.92 Å². The van der Waals surface area contributed by atoms with E-state index in [1.54, 1.807) is 0 Å². The van der Waals surface area contributed by atoms with Crippen molar-refractivity contribution in [2.24, 2.45) is 5.73 Å². The first-order chi connectivity index (χ1) is 9.49. The van der Waals surface area contributed by atoms with Crippen LogP contribution in [-0.4, -0.2) is 48.9 Å². The summed E-state index contributed by atoms with van der Waals surface area (Å²) < 4.78 is 0. The van der Waals surface area contributed by atoms with Crippen LogP contribution in [0.3, 0.4) is 0 Å². The van der Waals surface area contributed by atoms with Crippen molar-refractivity contribution >= 4 is 30.7 Å². The molecule has 2 N–H and O–H groups in total. The van der Waals surface area contributed by atoms with Gasteiger partial charge in [0.1, 0.15) is 6.04 Å². The molecule has 0 spiro atoms. The molecule has 0 bridgehead atoms. The number of aryl methyl sites for hydroxylation is 1. The van der Waals surface area contributed by atoms with E-state index in [0.29, 0.717) is 6.04 Å². The fraction of sp³-hybridized carbons (Fsp3) is 0.562. The zero-order valence-corrected chi connectivity index (χ0v) is 15.1. The quantitative estimate of drug-likeness (QED) is 0.913. The van der Waals surface area contributed by atoms with Crippen molar-refractivity contribution in [1.82, 2.24) is 9.80 Å². The van der Waals surface area contributed by atoms with Crippen molar-refractivity contribution in [1.29, 1.82) is 0 Å². The minimum Gasteiger partial charge on any atom is -0.339 e. The van der Waals surface area contributed by atoms with E-state index in [1.807, 2.05) is 36.1 Å². The van der Waals surface area contributed by atoms with Gasteiger partial charge in [0, 0.05) is 19.1 Å². The molecule has 0 aromatic heterocycles. The Balaban J connectivity index is 0.00000220. The van der Waals surface area contributed by atoms with Gasteiger partial charge in [-0.25, -0.2) is 0 Å². The van der Waals surface area contributed by atoms with Crippen LogP contribution in [0.15, 0.2) is 24.3 Å². The summed E-state index contributed by atoms with van der Waals surface area (Å²) in [5.41, 5.74) is 8.21. The largest absolute Gasteiger partial charge is 0.339 e. The fourth-order valence-corrected chi connectivity index (χ4v) is 2.69. The van der Waals surface area contributed by atoms with Gasteiger partial charge in [0.25, 0.3) is 0 Å². The highest BCUT2D eigenvalue weighted by atomic mass is 35.5. The normalized spacial score (nSPS) is 19.1. The Morgan fingerprint density at radius 3 is 2.41 bits per heavy atom. The summed E-state index contributed by atoms with van der Waals surface area (Å²) in [7, 11) is 4.14. The Hall–Kier alpha value is -0.810. The molecule has 2 rings (SSSR count). The zero-order valence-electron chi connectivity index (χ0n) is 13.5. The second-order valence-electron chi connectivity index (χ2n) is 5.93. The molecule has 1 aliphatic heterocycles. The second-order valence-corrected chi connectivity index (χ2v) is 5.93. The van der Waals surface area contributed by atoms with E-state index in [1.165, 1.54) is 5.56 Å². The Morgan fingerprint density at radius 2 is 1.86 bits per heavy atom. The molecular formula is C16H27Cl2N3O. The zero-order chi connectivity index (χ0) is 14.7. The Kier molecular flexibility index (Phi) is 9.01. The third kappa shape index (κ3) is 5.13. The standard InChI is InChI=1S/C16H25N3O.2ClH/c1-12-6-8-13(9-7-12)15(17)16(20)19-10-4-5-14(11-19)18(2)3;;/h6-9,14-15H,4-5,10-11,17H2,1-3H3;2*1H. The summed E-state index contributed by atoms with van der Waals surface area (Å²) in [6.45, 7) is 3.64. The summed E-state index contributed by atoms with van der Waals surface area (Å²) in [6, 6.07) is 7.80. The van der Waals surface area contributed by atoms with Crippen molar-refractivity contribution in [3.05, 3.63) is 35.4 Å². The lowest BCUT2D eigenvalue weighted by Crippen LogP contribution is -2.49. The number of nitrogens with two attached hydrogens (primary N) is 1. The molecule has 22 heavy (non-hydrogen) atoms. The lowest BCUT2D eigenvalue weighted by molar-refractivity contribution is -0.134. The third-order valence-corrected chi connectivity index (χ3v) is 4.14. The molecular weight excluding hydrogens is 321 g/mol. The summed E-state index contributed by atoms with van der Waals surface area (Å²) in [5.74, 6) is 0.0420. The predicted octanol–water partition coefficient (Wildman–Crippen LogP) is 2.39. The van der Waals surface area contributed by atoms with Gasteiger partial charge in [-0.05, 0) is 39.4 Å². The van der Waals surface area contributed by atoms with Crippen LogP contribution < -0.4 is 5.73 Å². The van der Waals surface area contributed by atoms with Crippen LogP contribution in [0.25, 0.3) is 0 Å². The number of carbonyl (C=O) groups excluding carboxylic acids is 1. The number of carbonyl (C=O) groups is 1. The number of amides is 1. The first-order valence-corrected chi connectivity index (χ1v) is 7.26. The molecule has 1 saturated heterocycles. The highest BCUT2D eigenvalue weighted by Crippen LogP contribution is 2.19. The monoisotopic (exact) mass is 347 g/mol. The average molecular weight is 348 g/mol. The third-order valence-electron chi connectivity index (χ3n) is 4.14. The van der Waals surface area contributed by atoms with Crippen molar-refractivity contribution in [3.63, 3.8) is 0 Å². The maximum atomic E-state index is 12.5. The van der Waals surface area contributed by atoms with Crippen LogP contribution in [0.1, 0.15) is 30.0 Å². The fourth-order valence-electron chi connectivity index (χ4n) is 2.69. The number of hydrogen-bond acceptors (Lipinski definition) is 3. The number of halogens is 2. The SMILES string of the molecule is Cc1ccc(C(N)C(=O)N2CCCC(N(C)C)C2)cc1.Cl.Cl. The maximum absolute atomic E-state index is 12.5. The number of rotatable bonds is 3. The number of hydrogen-bond donors (Lipinski definition) is 1. The smallest absolute Gasteiger partial charge is 0.244 e. The number of likely N-dealkylation sites (N-methyl/N-ethyl adjacent to an activating group) is 1. The van der Waals surface area contributed by atoms with E-state index >= 15 is 0 Å². The Bertz CT molecular complexity index is 465. The van der Waals surface area contributed by atoms with E-state index in [9.17, 15) is 4.79 Å². The van der Waals surface area contributed by atoms with Gasteiger partial charge in [-0.3, -0.25) is 4.79 Å². The predicted molar refractivity (Wildman–Crippen MR) is 95.9 cm³/mol.